The molecule has 4 rings (SSSR count). The first kappa shape index (κ1) is 22.8. The third-order valence-electron chi connectivity index (χ3n) is 5.57. The predicted molar refractivity (Wildman–Crippen MR) is 134 cm³/mol. The Morgan fingerprint density at radius 1 is 1.03 bits per heavy atom. The van der Waals surface area contributed by atoms with E-state index in [0.29, 0.717) is 38.1 Å². The van der Waals surface area contributed by atoms with Crippen LogP contribution in [0.4, 0.5) is 10.5 Å². The van der Waals surface area contributed by atoms with Crippen molar-refractivity contribution >= 4 is 45.8 Å². The number of rotatable bonds is 4. The number of urea groups is 1. The number of carbonyl (C=O) groups excluding carboxylic acids is 1. The number of hydrogen-bond donors (Lipinski definition) is 1. The normalized spacial score (nSPS) is 11.9. The lowest BCUT2D eigenvalue weighted by Gasteiger charge is -2.27. The maximum atomic E-state index is 13.6. The van der Waals surface area contributed by atoms with Gasteiger partial charge in [0.05, 0.1) is 22.6 Å². The minimum atomic E-state index is -0.523. The monoisotopic (exact) mass is 480 g/mol. The molecule has 0 saturated heterocycles. The fourth-order valence-electron chi connectivity index (χ4n) is 3.63. The Morgan fingerprint density at radius 2 is 1.70 bits per heavy atom. The van der Waals surface area contributed by atoms with Crippen molar-refractivity contribution in [2.75, 3.05) is 12.4 Å². The van der Waals surface area contributed by atoms with E-state index in [-0.39, 0.29) is 11.6 Å². The molecule has 8 heteroatoms. The highest BCUT2D eigenvalue weighted by Crippen LogP contribution is 2.25. The first-order chi connectivity index (χ1) is 15.8. The van der Waals surface area contributed by atoms with Gasteiger partial charge in [0, 0.05) is 22.8 Å². The third-order valence-corrected chi connectivity index (χ3v) is 6.06. The summed E-state index contributed by atoms with van der Waals surface area (Å²) in [4.78, 5) is 32.8. The van der Waals surface area contributed by atoms with Crippen molar-refractivity contribution in [3.8, 4) is 5.69 Å². The summed E-state index contributed by atoms with van der Waals surface area (Å²) in [5, 5.41) is 4.50. The summed E-state index contributed by atoms with van der Waals surface area (Å²) in [5.41, 5.74) is 2.46. The fraction of sp³-hybridized carbons (Fsp3) is 0.160. The number of aromatic nitrogens is 2. The molecular formula is C25H22Cl2N4O2. The van der Waals surface area contributed by atoms with Crippen molar-refractivity contribution in [2.24, 2.45) is 0 Å². The average Bonchev–Trinajstić information content (AvgIpc) is 2.80. The Morgan fingerprint density at radius 3 is 2.39 bits per heavy atom. The minimum Gasteiger partial charge on any atom is -0.318 e. The molecule has 0 aliphatic rings. The molecule has 1 heterocycles. The van der Waals surface area contributed by atoms with E-state index in [4.69, 9.17) is 28.2 Å². The van der Waals surface area contributed by atoms with E-state index < -0.39 is 6.04 Å². The molecule has 168 valence electrons. The molecule has 3 aromatic carbocycles. The Balaban J connectivity index is 1.80. The molecule has 0 aliphatic heterocycles. The van der Waals surface area contributed by atoms with Gasteiger partial charge in [0.2, 0.25) is 0 Å². The average molecular weight is 481 g/mol. The highest BCUT2D eigenvalue weighted by Gasteiger charge is 2.25. The van der Waals surface area contributed by atoms with Gasteiger partial charge in [-0.15, -0.1) is 0 Å². The van der Waals surface area contributed by atoms with Crippen molar-refractivity contribution in [3.05, 3.63) is 98.5 Å². The van der Waals surface area contributed by atoms with Crippen molar-refractivity contribution in [2.45, 2.75) is 19.9 Å². The molecular weight excluding hydrogens is 459 g/mol. The van der Waals surface area contributed by atoms with Gasteiger partial charge in [-0.1, -0.05) is 35.3 Å². The number of hydrogen-bond acceptors (Lipinski definition) is 3. The van der Waals surface area contributed by atoms with Crippen LogP contribution in [0.15, 0.2) is 71.5 Å². The van der Waals surface area contributed by atoms with Gasteiger partial charge in [-0.25, -0.2) is 9.78 Å². The molecule has 0 saturated carbocycles. The van der Waals surface area contributed by atoms with Crippen LogP contribution in [0.3, 0.4) is 0 Å². The number of fused-ring (bicyclic) bond motifs is 1. The summed E-state index contributed by atoms with van der Waals surface area (Å²) in [7, 11) is 1.66. The lowest BCUT2D eigenvalue weighted by molar-refractivity contribution is 0.205. The van der Waals surface area contributed by atoms with Crippen LogP contribution in [0, 0.1) is 6.92 Å². The van der Waals surface area contributed by atoms with Crippen LogP contribution >= 0.6 is 23.2 Å². The van der Waals surface area contributed by atoms with E-state index in [1.54, 1.807) is 72.3 Å². The second kappa shape index (κ2) is 9.25. The minimum absolute atomic E-state index is 0.209. The van der Waals surface area contributed by atoms with Crippen LogP contribution in [0.1, 0.15) is 24.4 Å². The molecule has 1 aromatic heterocycles. The number of aryl methyl sites for hydroxylation is 1. The standard InChI is InChI=1S/C25H22Cl2N4O2/c1-15-14-18(27)10-13-22(15)31-23(29-21-7-5-4-6-20(21)24(31)32)16(2)30(3)25(33)28-19-11-8-17(26)9-12-19/h4-14,16H,1-3H3,(H,28,33). The highest BCUT2D eigenvalue weighted by molar-refractivity contribution is 6.31. The number of carbonyl (C=O) groups is 1. The number of para-hydroxylation sites is 1. The molecule has 0 aliphatic carbocycles. The molecule has 6 nitrogen and oxygen atoms in total. The summed E-state index contributed by atoms with van der Waals surface area (Å²) in [5.74, 6) is 0.442. The largest absolute Gasteiger partial charge is 0.322 e. The Bertz CT molecular complexity index is 1400. The summed E-state index contributed by atoms with van der Waals surface area (Å²) in [6.07, 6.45) is 0. The number of anilines is 1. The molecule has 1 unspecified atom stereocenters. The van der Waals surface area contributed by atoms with Crippen LogP contribution in [0.5, 0.6) is 0 Å². The van der Waals surface area contributed by atoms with Gasteiger partial charge in [0.1, 0.15) is 5.82 Å². The summed E-state index contributed by atoms with van der Waals surface area (Å²) < 4.78 is 1.56. The fourth-order valence-corrected chi connectivity index (χ4v) is 3.98. The molecule has 0 radical (unpaired) electrons. The lowest BCUT2D eigenvalue weighted by atomic mass is 10.1. The van der Waals surface area contributed by atoms with Gasteiger partial charge >= 0.3 is 6.03 Å². The number of amides is 2. The van der Waals surface area contributed by atoms with Crippen molar-refractivity contribution < 1.29 is 4.79 Å². The molecule has 1 atom stereocenters. The lowest BCUT2D eigenvalue weighted by Crippen LogP contribution is -2.37. The highest BCUT2D eigenvalue weighted by atomic mass is 35.5. The van der Waals surface area contributed by atoms with Crippen LogP contribution in [-0.2, 0) is 0 Å². The summed E-state index contributed by atoms with van der Waals surface area (Å²) >= 11 is 12.1. The first-order valence-corrected chi connectivity index (χ1v) is 11.1. The van der Waals surface area contributed by atoms with E-state index >= 15 is 0 Å². The van der Waals surface area contributed by atoms with Crippen LogP contribution in [-0.4, -0.2) is 27.5 Å². The molecule has 0 bridgehead atoms. The molecule has 0 fully saturated rings. The van der Waals surface area contributed by atoms with Gasteiger partial charge in [-0.2, -0.15) is 0 Å². The number of nitrogens with zero attached hydrogens (tertiary/aromatic N) is 3. The zero-order valence-corrected chi connectivity index (χ0v) is 19.9. The van der Waals surface area contributed by atoms with Crippen molar-refractivity contribution in [1.82, 2.24) is 14.5 Å². The molecule has 2 amide bonds. The smallest absolute Gasteiger partial charge is 0.318 e. The van der Waals surface area contributed by atoms with E-state index in [2.05, 4.69) is 5.32 Å². The van der Waals surface area contributed by atoms with E-state index in [0.717, 1.165) is 5.56 Å². The SMILES string of the molecule is Cc1cc(Cl)ccc1-n1c(C(C)N(C)C(=O)Nc2ccc(Cl)cc2)nc2ccccc2c1=O. The van der Waals surface area contributed by atoms with Crippen molar-refractivity contribution in [3.63, 3.8) is 0 Å². The van der Waals surface area contributed by atoms with E-state index in [9.17, 15) is 9.59 Å². The number of nitrogens with one attached hydrogen (secondary N) is 1. The second-order valence-corrected chi connectivity index (χ2v) is 8.66. The van der Waals surface area contributed by atoms with E-state index in [1.807, 2.05) is 19.9 Å². The molecule has 33 heavy (non-hydrogen) atoms. The molecule has 0 spiro atoms. The Hall–Kier alpha value is -3.35. The predicted octanol–water partition coefficient (Wildman–Crippen LogP) is 6.23. The second-order valence-electron chi connectivity index (χ2n) is 7.78. The molecule has 4 aromatic rings. The maximum Gasteiger partial charge on any atom is 0.322 e. The topological polar surface area (TPSA) is 67.2 Å². The van der Waals surface area contributed by atoms with Crippen LogP contribution in [0.25, 0.3) is 16.6 Å². The van der Waals surface area contributed by atoms with Gasteiger partial charge in [0.25, 0.3) is 5.56 Å². The maximum absolute atomic E-state index is 13.6. The van der Waals surface area contributed by atoms with Crippen LogP contribution < -0.4 is 10.9 Å². The zero-order valence-electron chi connectivity index (χ0n) is 18.3. The Kier molecular flexibility index (Phi) is 6.40. The van der Waals surface area contributed by atoms with E-state index in [1.165, 1.54) is 4.90 Å². The first-order valence-electron chi connectivity index (χ1n) is 10.3. The molecule has 1 N–H and O–H groups in total. The zero-order chi connectivity index (χ0) is 23.7. The summed E-state index contributed by atoms with van der Waals surface area (Å²) in [6, 6.07) is 18.5. The van der Waals surface area contributed by atoms with Crippen LogP contribution in [0.2, 0.25) is 10.0 Å². The Labute approximate surface area is 201 Å². The van der Waals surface area contributed by atoms with Gasteiger partial charge < -0.3 is 10.2 Å². The number of benzene rings is 3. The van der Waals surface area contributed by atoms with Gasteiger partial charge in [0.15, 0.2) is 0 Å². The van der Waals surface area contributed by atoms with Gasteiger partial charge in [-0.05, 0) is 74.0 Å². The quantitative estimate of drug-likeness (QED) is 0.376. The third kappa shape index (κ3) is 4.58. The summed E-state index contributed by atoms with van der Waals surface area (Å²) in [6.45, 7) is 3.72. The van der Waals surface area contributed by atoms with Gasteiger partial charge in [-0.3, -0.25) is 9.36 Å². The van der Waals surface area contributed by atoms with Crippen molar-refractivity contribution in [1.29, 1.82) is 0 Å². The number of halogens is 2.